The number of rotatable bonds is 4. The highest BCUT2D eigenvalue weighted by molar-refractivity contribution is 9.11. The van der Waals surface area contributed by atoms with Crippen LogP contribution in [0.2, 0.25) is 0 Å². The summed E-state index contributed by atoms with van der Waals surface area (Å²) in [6.45, 7) is 7.42. The minimum atomic E-state index is -0.593. The quantitative estimate of drug-likeness (QED) is 0.401. The van der Waals surface area contributed by atoms with Gasteiger partial charge in [0.2, 0.25) is 0 Å². The van der Waals surface area contributed by atoms with Gasteiger partial charge in [-0.3, -0.25) is 0 Å². The minimum absolute atomic E-state index is 0.255. The average Bonchev–Trinajstić information content (AvgIpc) is 2.13. The van der Waals surface area contributed by atoms with Crippen LogP contribution in [0.15, 0.2) is 35.4 Å². The molecule has 0 saturated carbocycles. The summed E-state index contributed by atoms with van der Waals surface area (Å²) >= 11 is 15.3. The van der Waals surface area contributed by atoms with E-state index in [0.717, 1.165) is 5.57 Å². The van der Waals surface area contributed by atoms with Gasteiger partial charge in [-0.25, -0.2) is 0 Å². The van der Waals surface area contributed by atoms with Crippen LogP contribution in [0.1, 0.15) is 13.8 Å². The SMILES string of the molecule is C=C[C@@](C)(Cl)[C@@H](Cl)/C=C/C(C)=C\Br. The standard InChI is InChI=1S/C10H13BrCl2/c1-4-10(3,13)9(12)6-5-8(2)7-11/h4-7,9H,1H2,2-3H3/b6-5+,8-7-/t9-,10+/m0/s1. The van der Waals surface area contributed by atoms with Crippen molar-refractivity contribution >= 4 is 39.1 Å². The van der Waals surface area contributed by atoms with Gasteiger partial charge < -0.3 is 0 Å². The van der Waals surface area contributed by atoms with Crippen LogP contribution in [0.5, 0.6) is 0 Å². The fourth-order valence-corrected chi connectivity index (χ4v) is 0.961. The van der Waals surface area contributed by atoms with Gasteiger partial charge in [0.1, 0.15) is 0 Å². The summed E-state index contributed by atoms with van der Waals surface area (Å²) in [4.78, 5) is 1.23. The zero-order valence-electron chi connectivity index (χ0n) is 7.73. The first-order valence-electron chi connectivity index (χ1n) is 3.86. The van der Waals surface area contributed by atoms with Gasteiger partial charge in [0.15, 0.2) is 0 Å². The van der Waals surface area contributed by atoms with Gasteiger partial charge in [0.05, 0.1) is 10.3 Å². The highest BCUT2D eigenvalue weighted by Gasteiger charge is 2.24. The fraction of sp³-hybridized carbons (Fsp3) is 0.400. The molecule has 2 atom stereocenters. The Morgan fingerprint density at radius 1 is 1.62 bits per heavy atom. The number of allylic oxidation sites excluding steroid dienone is 4. The van der Waals surface area contributed by atoms with E-state index in [1.807, 2.05) is 31.0 Å². The second-order valence-corrected chi connectivity index (χ2v) is 4.71. The second-order valence-electron chi connectivity index (χ2n) is 2.97. The summed E-state index contributed by atoms with van der Waals surface area (Å²) < 4.78 is 0. The maximum atomic E-state index is 6.07. The largest absolute Gasteiger partial charge is 0.116 e. The molecule has 74 valence electrons. The van der Waals surface area contributed by atoms with Crippen molar-refractivity contribution in [3.63, 3.8) is 0 Å². The van der Waals surface area contributed by atoms with Gasteiger partial charge in [-0.2, -0.15) is 0 Å². The van der Waals surface area contributed by atoms with Gasteiger partial charge in [-0.1, -0.05) is 34.2 Å². The van der Waals surface area contributed by atoms with E-state index < -0.39 is 4.87 Å². The van der Waals surface area contributed by atoms with Crippen LogP contribution < -0.4 is 0 Å². The monoisotopic (exact) mass is 282 g/mol. The molecule has 0 radical (unpaired) electrons. The molecule has 0 aromatic carbocycles. The summed E-state index contributed by atoms with van der Waals surface area (Å²) in [5, 5.41) is -0.255. The molecule has 0 heterocycles. The zero-order chi connectivity index (χ0) is 10.5. The van der Waals surface area contributed by atoms with E-state index >= 15 is 0 Å². The molecule has 0 N–H and O–H groups in total. The number of hydrogen-bond donors (Lipinski definition) is 0. The molecular formula is C10H13BrCl2. The molecule has 0 spiro atoms. The Kier molecular flexibility index (Phi) is 6.02. The zero-order valence-corrected chi connectivity index (χ0v) is 10.8. The van der Waals surface area contributed by atoms with E-state index in [4.69, 9.17) is 23.2 Å². The van der Waals surface area contributed by atoms with Crippen molar-refractivity contribution < 1.29 is 0 Å². The number of alkyl halides is 2. The fourth-order valence-electron chi connectivity index (χ4n) is 0.573. The maximum absolute atomic E-state index is 6.07. The summed E-state index contributed by atoms with van der Waals surface area (Å²) in [5.41, 5.74) is 1.09. The molecule has 3 heteroatoms. The van der Waals surface area contributed by atoms with Crippen LogP contribution >= 0.6 is 39.1 Å². The second kappa shape index (κ2) is 5.90. The molecule has 0 amide bonds. The molecule has 0 rings (SSSR count). The molecule has 0 bridgehead atoms. The Bertz CT molecular complexity index is 229. The third-order valence-corrected chi connectivity index (χ3v) is 3.46. The first-order valence-corrected chi connectivity index (χ1v) is 5.59. The Morgan fingerprint density at radius 2 is 2.15 bits per heavy atom. The van der Waals surface area contributed by atoms with Crippen LogP contribution in [0.4, 0.5) is 0 Å². The van der Waals surface area contributed by atoms with Gasteiger partial charge in [-0.15, -0.1) is 29.8 Å². The highest BCUT2D eigenvalue weighted by Crippen LogP contribution is 2.26. The first kappa shape index (κ1) is 13.3. The first-order chi connectivity index (χ1) is 5.94. The molecule has 0 fully saturated rings. The van der Waals surface area contributed by atoms with Crippen molar-refractivity contribution in [1.82, 2.24) is 0 Å². The van der Waals surface area contributed by atoms with Gasteiger partial charge in [0, 0.05) is 0 Å². The minimum Gasteiger partial charge on any atom is -0.116 e. The molecule has 0 aliphatic rings. The molecule has 0 unspecified atom stereocenters. The lowest BCUT2D eigenvalue weighted by Gasteiger charge is -2.20. The van der Waals surface area contributed by atoms with Crippen LogP contribution in [0.25, 0.3) is 0 Å². The molecule has 0 aliphatic heterocycles. The van der Waals surface area contributed by atoms with Gasteiger partial charge >= 0.3 is 0 Å². The lowest BCUT2D eigenvalue weighted by molar-refractivity contribution is 0.801. The summed E-state index contributed by atoms with van der Waals surface area (Å²) in [6, 6.07) is 0. The lowest BCUT2D eigenvalue weighted by Crippen LogP contribution is -2.24. The molecule has 0 nitrogen and oxygen atoms in total. The Labute approximate surface area is 98.4 Å². The van der Waals surface area contributed by atoms with E-state index in [-0.39, 0.29) is 5.38 Å². The van der Waals surface area contributed by atoms with Gasteiger partial charge in [0.25, 0.3) is 0 Å². The molecule has 13 heavy (non-hydrogen) atoms. The summed E-state index contributed by atoms with van der Waals surface area (Å²) in [7, 11) is 0. The van der Waals surface area contributed by atoms with Crippen molar-refractivity contribution in [2.45, 2.75) is 24.1 Å². The maximum Gasteiger partial charge on any atom is 0.0793 e. The predicted octanol–water partition coefficient (Wildman–Crippen LogP) is 4.63. The van der Waals surface area contributed by atoms with E-state index in [1.165, 1.54) is 0 Å². The number of halogens is 3. The Balaban J connectivity index is 4.38. The van der Waals surface area contributed by atoms with Crippen LogP contribution in [0, 0.1) is 0 Å². The Hall–Kier alpha value is 0.280. The third kappa shape index (κ3) is 4.90. The molecular weight excluding hydrogens is 271 g/mol. The lowest BCUT2D eigenvalue weighted by atomic mass is 10.1. The van der Waals surface area contributed by atoms with E-state index in [9.17, 15) is 0 Å². The molecule has 0 aromatic heterocycles. The van der Waals surface area contributed by atoms with Crippen molar-refractivity contribution in [2.75, 3.05) is 0 Å². The van der Waals surface area contributed by atoms with E-state index in [2.05, 4.69) is 22.5 Å². The van der Waals surface area contributed by atoms with Gasteiger partial charge in [-0.05, 0) is 24.4 Å². The van der Waals surface area contributed by atoms with Crippen molar-refractivity contribution in [2.24, 2.45) is 0 Å². The average molecular weight is 284 g/mol. The molecule has 0 saturated heterocycles. The predicted molar refractivity (Wildman–Crippen MR) is 65.9 cm³/mol. The molecule has 0 aromatic rings. The third-order valence-electron chi connectivity index (χ3n) is 1.64. The topological polar surface area (TPSA) is 0 Å². The Morgan fingerprint density at radius 3 is 2.54 bits per heavy atom. The summed E-state index contributed by atoms with van der Waals surface area (Å²) in [6.07, 6.45) is 5.41. The van der Waals surface area contributed by atoms with Crippen LogP contribution in [-0.2, 0) is 0 Å². The van der Waals surface area contributed by atoms with Crippen molar-refractivity contribution in [3.8, 4) is 0 Å². The summed E-state index contributed by atoms with van der Waals surface area (Å²) in [5.74, 6) is 0. The van der Waals surface area contributed by atoms with Crippen molar-refractivity contribution in [1.29, 1.82) is 0 Å². The van der Waals surface area contributed by atoms with Crippen LogP contribution in [0.3, 0.4) is 0 Å². The van der Waals surface area contributed by atoms with E-state index in [0.29, 0.717) is 0 Å². The number of hydrogen-bond acceptors (Lipinski definition) is 0. The normalized spacial score (nSPS) is 19.9. The smallest absolute Gasteiger partial charge is 0.0793 e. The van der Waals surface area contributed by atoms with Crippen LogP contribution in [-0.4, -0.2) is 10.3 Å². The molecule has 0 aliphatic carbocycles. The van der Waals surface area contributed by atoms with Crippen molar-refractivity contribution in [3.05, 3.63) is 35.4 Å². The van der Waals surface area contributed by atoms with E-state index in [1.54, 1.807) is 6.08 Å². The highest BCUT2D eigenvalue weighted by atomic mass is 79.9.